The molecule has 3 rings (SSSR count). The number of carbonyl (C=O) groups excluding carboxylic acids is 1. The van der Waals surface area contributed by atoms with Crippen LogP contribution in [0.2, 0.25) is 0 Å². The maximum Gasteiger partial charge on any atom is 0.255 e. The molecule has 0 aliphatic carbocycles. The SMILES string of the molecule is O=C(NCC(O)CO)c1cnccc1Nc1ccc2[nH]ncc2c1. The van der Waals surface area contributed by atoms with E-state index in [2.05, 4.69) is 25.8 Å². The van der Waals surface area contributed by atoms with Gasteiger partial charge < -0.3 is 20.8 Å². The number of aliphatic hydroxyl groups is 2. The van der Waals surface area contributed by atoms with E-state index < -0.39 is 12.7 Å². The lowest BCUT2D eigenvalue weighted by Gasteiger charge is -2.13. The van der Waals surface area contributed by atoms with Gasteiger partial charge in [-0.05, 0) is 24.3 Å². The summed E-state index contributed by atoms with van der Waals surface area (Å²) in [6.45, 7) is -0.451. The minimum absolute atomic E-state index is 0.0371. The van der Waals surface area contributed by atoms with Crippen LogP contribution in [0.5, 0.6) is 0 Å². The number of nitrogens with one attached hydrogen (secondary N) is 3. The molecule has 8 nitrogen and oxygen atoms in total. The summed E-state index contributed by atoms with van der Waals surface area (Å²) in [5, 5.41) is 31.7. The second-order valence-corrected chi connectivity index (χ2v) is 5.26. The number of aliphatic hydroxyl groups excluding tert-OH is 2. The molecule has 2 heterocycles. The largest absolute Gasteiger partial charge is 0.394 e. The monoisotopic (exact) mass is 327 g/mol. The lowest BCUT2D eigenvalue weighted by Crippen LogP contribution is -2.34. The molecule has 0 saturated heterocycles. The van der Waals surface area contributed by atoms with Gasteiger partial charge in [-0.15, -0.1) is 0 Å². The molecule has 0 fully saturated rings. The number of rotatable bonds is 6. The van der Waals surface area contributed by atoms with Gasteiger partial charge in [0, 0.05) is 30.0 Å². The molecule has 3 aromatic rings. The molecule has 1 amide bonds. The predicted molar refractivity (Wildman–Crippen MR) is 89.0 cm³/mol. The van der Waals surface area contributed by atoms with E-state index in [4.69, 9.17) is 5.11 Å². The Morgan fingerprint density at radius 1 is 1.29 bits per heavy atom. The van der Waals surface area contributed by atoms with Gasteiger partial charge >= 0.3 is 0 Å². The van der Waals surface area contributed by atoms with Crippen LogP contribution in [-0.4, -0.2) is 50.6 Å². The van der Waals surface area contributed by atoms with Crippen LogP contribution in [-0.2, 0) is 0 Å². The summed E-state index contributed by atoms with van der Waals surface area (Å²) in [4.78, 5) is 16.2. The van der Waals surface area contributed by atoms with Crippen molar-refractivity contribution in [3.05, 3.63) is 48.4 Å². The van der Waals surface area contributed by atoms with Gasteiger partial charge in [0.25, 0.3) is 5.91 Å². The van der Waals surface area contributed by atoms with Crippen molar-refractivity contribution >= 4 is 28.2 Å². The number of pyridine rings is 1. The van der Waals surface area contributed by atoms with E-state index in [1.54, 1.807) is 18.5 Å². The fourth-order valence-electron chi connectivity index (χ4n) is 2.23. The molecule has 0 aliphatic rings. The van der Waals surface area contributed by atoms with E-state index >= 15 is 0 Å². The summed E-state index contributed by atoms with van der Waals surface area (Å²) >= 11 is 0. The average molecular weight is 327 g/mol. The lowest BCUT2D eigenvalue weighted by molar-refractivity contribution is 0.0802. The fourth-order valence-corrected chi connectivity index (χ4v) is 2.23. The van der Waals surface area contributed by atoms with Gasteiger partial charge in [0.1, 0.15) is 0 Å². The minimum atomic E-state index is -0.995. The summed E-state index contributed by atoms with van der Waals surface area (Å²) in [5.74, 6) is -0.387. The van der Waals surface area contributed by atoms with Crippen LogP contribution >= 0.6 is 0 Å². The Kier molecular flexibility index (Phi) is 4.69. The molecule has 0 aliphatic heterocycles. The maximum absolute atomic E-state index is 12.2. The van der Waals surface area contributed by atoms with Crippen molar-refractivity contribution in [3.8, 4) is 0 Å². The van der Waals surface area contributed by atoms with E-state index in [1.165, 1.54) is 6.20 Å². The minimum Gasteiger partial charge on any atom is -0.394 e. The standard InChI is InChI=1S/C16H17N5O3/c22-9-12(23)7-18-16(24)13-8-17-4-3-15(13)20-11-1-2-14-10(5-11)6-19-21-14/h1-6,8,12,22-23H,7,9H2,(H,17,20)(H,18,24)(H,19,21). The Balaban J connectivity index is 1.79. The normalized spacial score (nSPS) is 12.1. The number of amides is 1. The Morgan fingerprint density at radius 3 is 3.00 bits per heavy atom. The first-order chi connectivity index (χ1) is 11.7. The zero-order valence-electron chi connectivity index (χ0n) is 12.7. The molecular formula is C16H17N5O3. The fraction of sp³-hybridized carbons (Fsp3) is 0.188. The number of carbonyl (C=O) groups is 1. The molecule has 1 unspecified atom stereocenters. The number of benzene rings is 1. The lowest BCUT2D eigenvalue weighted by atomic mass is 10.2. The molecule has 2 aromatic heterocycles. The first kappa shape index (κ1) is 15.9. The quantitative estimate of drug-likeness (QED) is 0.456. The van der Waals surface area contributed by atoms with Crippen LogP contribution in [0.15, 0.2) is 42.9 Å². The van der Waals surface area contributed by atoms with E-state index in [0.717, 1.165) is 16.6 Å². The van der Waals surface area contributed by atoms with Crippen molar-refractivity contribution in [1.29, 1.82) is 0 Å². The number of fused-ring (bicyclic) bond motifs is 1. The molecule has 0 radical (unpaired) electrons. The molecule has 8 heteroatoms. The van der Waals surface area contributed by atoms with Gasteiger partial charge in [0.2, 0.25) is 0 Å². The molecule has 1 atom stereocenters. The zero-order valence-corrected chi connectivity index (χ0v) is 12.7. The topological polar surface area (TPSA) is 123 Å². The van der Waals surface area contributed by atoms with Crippen LogP contribution in [0.1, 0.15) is 10.4 Å². The Hall–Kier alpha value is -2.97. The summed E-state index contributed by atoms with van der Waals surface area (Å²) < 4.78 is 0. The molecule has 124 valence electrons. The summed E-state index contributed by atoms with van der Waals surface area (Å²) in [6.07, 6.45) is 3.75. The molecule has 5 N–H and O–H groups in total. The number of hydrogen-bond donors (Lipinski definition) is 5. The summed E-state index contributed by atoms with van der Waals surface area (Å²) in [7, 11) is 0. The third kappa shape index (κ3) is 3.50. The molecule has 1 aromatic carbocycles. The first-order valence-electron chi connectivity index (χ1n) is 7.38. The third-order valence-corrected chi connectivity index (χ3v) is 3.49. The van der Waals surface area contributed by atoms with Gasteiger partial charge in [-0.25, -0.2) is 0 Å². The van der Waals surface area contributed by atoms with Crippen LogP contribution in [0.3, 0.4) is 0 Å². The van der Waals surface area contributed by atoms with Crippen LogP contribution in [0.25, 0.3) is 10.9 Å². The maximum atomic E-state index is 12.2. The van der Waals surface area contributed by atoms with Crippen LogP contribution in [0, 0.1) is 0 Å². The second kappa shape index (κ2) is 7.07. The van der Waals surface area contributed by atoms with Gasteiger partial charge in [0.05, 0.1) is 35.7 Å². The van der Waals surface area contributed by atoms with Crippen molar-refractivity contribution in [3.63, 3.8) is 0 Å². The number of anilines is 2. The Labute approximate surface area is 137 Å². The van der Waals surface area contributed by atoms with Crippen molar-refractivity contribution < 1.29 is 15.0 Å². The number of hydrogen-bond acceptors (Lipinski definition) is 6. The number of H-pyrrole nitrogens is 1. The van der Waals surface area contributed by atoms with Crippen LogP contribution < -0.4 is 10.6 Å². The van der Waals surface area contributed by atoms with Gasteiger partial charge in [-0.1, -0.05) is 0 Å². The molecule has 24 heavy (non-hydrogen) atoms. The highest BCUT2D eigenvalue weighted by Crippen LogP contribution is 2.23. The predicted octanol–water partition coefficient (Wildman–Crippen LogP) is 0.784. The molecule has 0 saturated carbocycles. The zero-order chi connectivity index (χ0) is 16.9. The average Bonchev–Trinajstić information content (AvgIpc) is 3.07. The number of nitrogens with zero attached hydrogens (tertiary/aromatic N) is 2. The van der Waals surface area contributed by atoms with E-state index in [0.29, 0.717) is 11.3 Å². The van der Waals surface area contributed by atoms with Crippen molar-refractivity contribution in [2.75, 3.05) is 18.5 Å². The summed E-state index contributed by atoms with van der Waals surface area (Å²) in [6, 6.07) is 7.37. The molecular weight excluding hydrogens is 310 g/mol. The van der Waals surface area contributed by atoms with E-state index in [-0.39, 0.29) is 12.5 Å². The van der Waals surface area contributed by atoms with Gasteiger partial charge in [0.15, 0.2) is 0 Å². The molecule has 0 bridgehead atoms. The van der Waals surface area contributed by atoms with Gasteiger partial charge in [-0.3, -0.25) is 14.9 Å². The first-order valence-corrected chi connectivity index (χ1v) is 7.38. The Morgan fingerprint density at radius 2 is 2.17 bits per heavy atom. The summed E-state index contributed by atoms with van der Waals surface area (Å²) in [5.41, 5.74) is 2.66. The third-order valence-electron chi connectivity index (χ3n) is 3.49. The highest BCUT2D eigenvalue weighted by Gasteiger charge is 2.13. The van der Waals surface area contributed by atoms with E-state index in [1.807, 2.05) is 18.2 Å². The van der Waals surface area contributed by atoms with Crippen molar-refractivity contribution in [1.82, 2.24) is 20.5 Å². The number of aromatic amines is 1. The highest BCUT2D eigenvalue weighted by atomic mass is 16.3. The Bertz CT molecular complexity index is 848. The highest BCUT2D eigenvalue weighted by molar-refractivity contribution is 6.00. The molecule has 0 spiro atoms. The van der Waals surface area contributed by atoms with Crippen LogP contribution in [0.4, 0.5) is 11.4 Å². The smallest absolute Gasteiger partial charge is 0.255 e. The number of aromatic nitrogens is 3. The van der Waals surface area contributed by atoms with E-state index in [9.17, 15) is 9.90 Å². The van der Waals surface area contributed by atoms with Crippen molar-refractivity contribution in [2.24, 2.45) is 0 Å². The second-order valence-electron chi connectivity index (χ2n) is 5.26. The van der Waals surface area contributed by atoms with Crippen molar-refractivity contribution in [2.45, 2.75) is 6.10 Å². The van der Waals surface area contributed by atoms with Gasteiger partial charge in [-0.2, -0.15) is 5.10 Å².